The zero-order valence-electron chi connectivity index (χ0n) is 18.6. The Balaban J connectivity index is 0.000000362. The second-order valence-electron chi connectivity index (χ2n) is 7.59. The molecule has 0 bridgehead atoms. The Morgan fingerprint density at radius 3 is 1.66 bits per heavy atom. The summed E-state index contributed by atoms with van der Waals surface area (Å²) in [5, 5.41) is 7.42. The van der Waals surface area contributed by atoms with Gasteiger partial charge >= 0.3 is 18.5 Å². The molecular formula is C23H24F9NO2. The van der Waals surface area contributed by atoms with Crippen molar-refractivity contribution in [2.75, 3.05) is 13.1 Å². The third kappa shape index (κ3) is 11.5. The van der Waals surface area contributed by atoms with Gasteiger partial charge in [0.2, 0.25) is 0 Å². The highest BCUT2D eigenvalue weighted by atomic mass is 19.4. The lowest BCUT2D eigenvalue weighted by atomic mass is 10.0. The Kier molecular flexibility index (Phi) is 11.1. The van der Waals surface area contributed by atoms with Crippen LogP contribution in [0.1, 0.15) is 48.4 Å². The molecule has 0 amide bonds. The molecule has 1 aliphatic heterocycles. The van der Waals surface area contributed by atoms with Crippen LogP contribution in [-0.2, 0) is 29.9 Å². The van der Waals surface area contributed by atoms with E-state index >= 15 is 0 Å². The predicted octanol–water partition coefficient (Wildman–Crippen LogP) is 7.51. The number of halogens is 9. The van der Waals surface area contributed by atoms with E-state index in [0.29, 0.717) is 19.2 Å². The number of piperidine rings is 1. The number of aliphatic carboxylic acids is 1. The number of hydrogen-bond acceptors (Lipinski definition) is 2. The minimum Gasteiger partial charge on any atom is -0.481 e. The summed E-state index contributed by atoms with van der Waals surface area (Å²) >= 11 is 0. The third-order valence-electron chi connectivity index (χ3n) is 4.69. The van der Waals surface area contributed by atoms with Crippen molar-refractivity contribution in [3.8, 4) is 0 Å². The standard InChI is InChI=1S/C14H15F6N.C7H5F3.C2H4O2/c15-13(16,17)11-5-4-10(12(8-11)14(18,19)20)9-21-6-2-1-3-7-21;8-7(9,10)6-4-2-1-3-5-6;1-2(3)4/h4-5,8H,1-3,6-7,9H2;1-5H;1H3,(H,3,4). The number of alkyl halides is 9. The molecule has 1 heterocycles. The van der Waals surface area contributed by atoms with Crippen LogP contribution >= 0.6 is 0 Å². The average Bonchev–Trinajstić information content (AvgIpc) is 2.73. The minimum atomic E-state index is -4.79. The van der Waals surface area contributed by atoms with Crippen LogP contribution in [0, 0.1) is 0 Å². The number of hydrogen-bond donors (Lipinski definition) is 1. The van der Waals surface area contributed by atoms with Crippen molar-refractivity contribution in [1.82, 2.24) is 4.90 Å². The van der Waals surface area contributed by atoms with Crippen molar-refractivity contribution < 1.29 is 49.4 Å². The van der Waals surface area contributed by atoms with Crippen LogP contribution in [0.3, 0.4) is 0 Å². The van der Waals surface area contributed by atoms with E-state index in [-0.39, 0.29) is 18.2 Å². The first-order valence-electron chi connectivity index (χ1n) is 10.3. The largest absolute Gasteiger partial charge is 0.481 e. The molecule has 1 fully saturated rings. The summed E-state index contributed by atoms with van der Waals surface area (Å²) in [6.07, 6.45) is -10.9. The number of nitrogens with zero attached hydrogens (tertiary/aromatic N) is 1. The highest BCUT2D eigenvalue weighted by molar-refractivity contribution is 5.62. The Bertz CT molecular complexity index is 913. The molecule has 2 aromatic rings. The molecular weight excluding hydrogens is 493 g/mol. The summed E-state index contributed by atoms with van der Waals surface area (Å²) in [5.74, 6) is -0.833. The van der Waals surface area contributed by atoms with Gasteiger partial charge in [-0.15, -0.1) is 0 Å². The topological polar surface area (TPSA) is 40.5 Å². The van der Waals surface area contributed by atoms with Gasteiger partial charge in [-0.1, -0.05) is 42.8 Å². The van der Waals surface area contributed by atoms with Crippen LogP contribution in [0.4, 0.5) is 39.5 Å². The SMILES string of the molecule is CC(=O)O.FC(F)(F)c1ccc(CN2CCCCC2)c(C(F)(F)F)c1.FC(F)(F)c1ccccc1. The molecule has 12 heteroatoms. The van der Waals surface area contributed by atoms with Gasteiger partial charge in [-0.3, -0.25) is 9.69 Å². The van der Waals surface area contributed by atoms with Crippen molar-refractivity contribution in [2.24, 2.45) is 0 Å². The quantitative estimate of drug-likeness (QED) is 0.420. The monoisotopic (exact) mass is 517 g/mol. The van der Waals surface area contributed by atoms with E-state index in [4.69, 9.17) is 9.90 Å². The molecule has 0 atom stereocenters. The van der Waals surface area contributed by atoms with Crippen LogP contribution in [-0.4, -0.2) is 29.1 Å². The first-order valence-corrected chi connectivity index (χ1v) is 10.3. The zero-order valence-corrected chi connectivity index (χ0v) is 18.6. The number of carboxylic acids is 1. The fourth-order valence-electron chi connectivity index (χ4n) is 3.14. The summed E-state index contributed by atoms with van der Waals surface area (Å²) < 4.78 is 112. The van der Waals surface area contributed by atoms with Crippen LogP contribution in [0.2, 0.25) is 0 Å². The summed E-state index contributed by atoms with van der Waals surface area (Å²) in [5.41, 5.74) is -3.16. The molecule has 0 spiro atoms. The van der Waals surface area contributed by atoms with Crippen LogP contribution < -0.4 is 0 Å². The van der Waals surface area contributed by atoms with E-state index in [1.807, 2.05) is 4.90 Å². The maximum Gasteiger partial charge on any atom is 0.416 e. The van der Waals surface area contributed by atoms with Gasteiger partial charge < -0.3 is 5.11 Å². The van der Waals surface area contributed by atoms with Crippen molar-refractivity contribution in [3.63, 3.8) is 0 Å². The molecule has 0 unspecified atom stereocenters. The Morgan fingerprint density at radius 1 is 0.771 bits per heavy atom. The van der Waals surface area contributed by atoms with Gasteiger partial charge in [0.15, 0.2) is 0 Å². The van der Waals surface area contributed by atoms with Gasteiger partial charge in [0.1, 0.15) is 0 Å². The fourth-order valence-corrected chi connectivity index (χ4v) is 3.14. The molecule has 1 N–H and O–H groups in total. The van der Waals surface area contributed by atoms with Gasteiger partial charge in [-0.25, -0.2) is 0 Å². The van der Waals surface area contributed by atoms with E-state index in [1.165, 1.54) is 12.1 Å². The van der Waals surface area contributed by atoms with E-state index in [9.17, 15) is 39.5 Å². The molecule has 0 aromatic heterocycles. The third-order valence-corrected chi connectivity index (χ3v) is 4.69. The summed E-state index contributed by atoms with van der Waals surface area (Å²) in [6.45, 7) is 2.48. The zero-order chi connectivity index (χ0) is 26.9. The summed E-state index contributed by atoms with van der Waals surface area (Å²) in [7, 11) is 0. The van der Waals surface area contributed by atoms with E-state index < -0.39 is 41.2 Å². The van der Waals surface area contributed by atoms with Crippen molar-refractivity contribution in [1.29, 1.82) is 0 Å². The normalized spacial score (nSPS) is 14.8. The van der Waals surface area contributed by atoms with Crippen LogP contribution in [0.15, 0.2) is 48.5 Å². The lowest BCUT2D eigenvalue weighted by Gasteiger charge is -2.27. The minimum absolute atomic E-state index is 0.0347. The molecule has 0 radical (unpaired) electrons. The number of rotatable bonds is 2. The molecule has 35 heavy (non-hydrogen) atoms. The Labute approximate surface area is 196 Å². The number of likely N-dealkylation sites (tertiary alicyclic amines) is 1. The van der Waals surface area contributed by atoms with E-state index in [1.54, 1.807) is 6.07 Å². The Morgan fingerprint density at radius 2 is 1.26 bits per heavy atom. The number of carboxylic acid groups (broad SMARTS) is 1. The molecule has 2 aromatic carbocycles. The predicted molar refractivity (Wildman–Crippen MR) is 110 cm³/mol. The van der Waals surface area contributed by atoms with Crippen molar-refractivity contribution >= 4 is 5.97 Å². The average molecular weight is 517 g/mol. The molecule has 0 aliphatic carbocycles. The molecule has 0 saturated carbocycles. The molecule has 1 saturated heterocycles. The smallest absolute Gasteiger partial charge is 0.416 e. The number of benzene rings is 2. The molecule has 1 aliphatic rings. The molecule has 196 valence electrons. The van der Waals surface area contributed by atoms with E-state index in [0.717, 1.165) is 44.4 Å². The molecule has 3 nitrogen and oxygen atoms in total. The highest BCUT2D eigenvalue weighted by Gasteiger charge is 2.38. The second-order valence-corrected chi connectivity index (χ2v) is 7.59. The lowest BCUT2D eigenvalue weighted by Crippen LogP contribution is -2.30. The summed E-state index contributed by atoms with van der Waals surface area (Å²) in [6, 6.07) is 8.23. The van der Waals surface area contributed by atoms with Crippen LogP contribution in [0.25, 0.3) is 0 Å². The maximum atomic E-state index is 13.0. The van der Waals surface area contributed by atoms with Gasteiger partial charge in [-0.05, 0) is 43.6 Å². The van der Waals surface area contributed by atoms with Gasteiger partial charge in [-0.2, -0.15) is 39.5 Å². The Hall–Kier alpha value is -2.76. The first-order chi connectivity index (χ1) is 16.0. The maximum absolute atomic E-state index is 13.0. The summed E-state index contributed by atoms with van der Waals surface area (Å²) in [4.78, 5) is 10.8. The lowest BCUT2D eigenvalue weighted by molar-refractivity contribution is -0.144. The van der Waals surface area contributed by atoms with Gasteiger partial charge in [0, 0.05) is 13.5 Å². The van der Waals surface area contributed by atoms with Gasteiger partial charge in [0.25, 0.3) is 5.97 Å². The molecule has 3 rings (SSSR count). The van der Waals surface area contributed by atoms with Crippen molar-refractivity contribution in [3.05, 3.63) is 70.8 Å². The number of carbonyl (C=O) groups is 1. The first kappa shape index (κ1) is 30.3. The van der Waals surface area contributed by atoms with Crippen LogP contribution in [0.5, 0.6) is 0 Å². The highest BCUT2D eigenvalue weighted by Crippen LogP contribution is 2.38. The fraction of sp³-hybridized carbons (Fsp3) is 0.435. The second kappa shape index (κ2) is 12.8. The van der Waals surface area contributed by atoms with Crippen molar-refractivity contribution in [2.45, 2.75) is 51.3 Å². The van der Waals surface area contributed by atoms with Gasteiger partial charge in [0.05, 0.1) is 16.7 Å². The van der Waals surface area contributed by atoms with E-state index in [2.05, 4.69) is 0 Å².